The zero-order chi connectivity index (χ0) is 19.0. The highest BCUT2D eigenvalue weighted by molar-refractivity contribution is 5.97. The Morgan fingerprint density at radius 2 is 1.81 bits per heavy atom. The predicted octanol–water partition coefficient (Wildman–Crippen LogP) is 4.21. The van der Waals surface area contributed by atoms with Gasteiger partial charge in [0.1, 0.15) is 16.9 Å². The molecular formula is C21H16O6. The second-order valence-electron chi connectivity index (χ2n) is 6.13. The van der Waals surface area contributed by atoms with E-state index in [1.807, 2.05) is 25.1 Å². The maximum Gasteiger partial charge on any atom is 0.380 e. The lowest BCUT2D eigenvalue weighted by Crippen LogP contribution is -2.10. The van der Waals surface area contributed by atoms with Gasteiger partial charge in [-0.25, -0.2) is 9.59 Å². The molecule has 0 spiro atoms. The van der Waals surface area contributed by atoms with E-state index in [1.165, 1.54) is 12.1 Å². The van der Waals surface area contributed by atoms with Crippen LogP contribution >= 0.6 is 0 Å². The molecule has 0 radical (unpaired) electrons. The van der Waals surface area contributed by atoms with Crippen LogP contribution in [0.4, 0.5) is 0 Å². The Hall–Kier alpha value is -3.38. The van der Waals surface area contributed by atoms with Crippen LogP contribution in [0.25, 0.3) is 21.9 Å². The van der Waals surface area contributed by atoms with Crippen LogP contribution in [0.3, 0.4) is 0 Å². The van der Waals surface area contributed by atoms with E-state index < -0.39 is 11.6 Å². The fourth-order valence-electron chi connectivity index (χ4n) is 3.07. The van der Waals surface area contributed by atoms with E-state index in [1.54, 1.807) is 25.3 Å². The van der Waals surface area contributed by atoms with Gasteiger partial charge < -0.3 is 18.3 Å². The van der Waals surface area contributed by atoms with Crippen molar-refractivity contribution < 1.29 is 23.1 Å². The van der Waals surface area contributed by atoms with Crippen LogP contribution in [0.5, 0.6) is 5.75 Å². The Morgan fingerprint density at radius 3 is 2.63 bits per heavy atom. The topological polar surface area (TPSA) is 78.9 Å². The molecule has 27 heavy (non-hydrogen) atoms. The number of aryl methyl sites for hydroxylation is 1. The number of para-hydroxylation sites is 1. The molecule has 0 N–H and O–H groups in total. The lowest BCUT2D eigenvalue weighted by Gasteiger charge is -2.06. The molecule has 4 rings (SSSR count). The summed E-state index contributed by atoms with van der Waals surface area (Å²) in [7, 11) is 1.55. The quantitative estimate of drug-likeness (QED) is 0.307. The fourth-order valence-corrected chi connectivity index (χ4v) is 3.07. The number of carbonyl (C=O) groups excluding carboxylic acids is 1. The molecule has 136 valence electrons. The van der Waals surface area contributed by atoms with Gasteiger partial charge in [-0.2, -0.15) is 0 Å². The molecule has 0 aliphatic heterocycles. The molecule has 0 aliphatic rings. The summed E-state index contributed by atoms with van der Waals surface area (Å²) in [6, 6.07) is 13.6. The van der Waals surface area contributed by atoms with Crippen molar-refractivity contribution in [3.8, 4) is 5.75 Å². The van der Waals surface area contributed by atoms with E-state index in [-0.39, 0.29) is 18.1 Å². The van der Waals surface area contributed by atoms with Crippen molar-refractivity contribution in [2.75, 3.05) is 7.11 Å². The summed E-state index contributed by atoms with van der Waals surface area (Å²) in [5, 5.41) is 1.57. The Kier molecular flexibility index (Phi) is 4.25. The minimum Gasteiger partial charge on any atom is -0.449 e. The van der Waals surface area contributed by atoms with Crippen LogP contribution < -0.4 is 10.4 Å². The van der Waals surface area contributed by atoms with Gasteiger partial charge in [0.05, 0.1) is 6.61 Å². The Balaban J connectivity index is 1.72. The van der Waals surface area contributed by atoms with Gasteiger partial charge in [-0.1, -0.05) is 18.2 Å². The van der Waals surface area contributed by atoms with Crippen LogP contribution in [0.15, 0.2) is 62.2 Å². The van der Waals surface area contributed by atoms with Crippen molar-refractivity contribution in [1.82, 2.24) is 0 Å². The van der Waals surface area contributed by atoms with Crippen molar-refractivity contribution in [1.29, 1.82) is 0 Å². The molecule has 6 heteroatoms. The number of benzene rings is 2. The maximum absolute atomic E-state index is 12.7. The summed E-state index contributed by atoms with van der Waals surface area (Å²) in [6.45, 7) is 2.03. The average molecular weight is 364 g/mol. The lowest BCUT2D eigenvalue weighted by atomic mass is 10.1. The highest BCUT2D eigenvalue weighted by atomic mass is 16.5. The molecule has 0 atom stereocenters. The monoisotopic (exact) mass is 364 g/mol. The van der Waals surface area contributed by atoms with E-state index in [0.29, 0.717) is 16.7 Å². The third-order valence-electron chi connectivity index (χ3n) is 4.31. The molecule has 2 aromatic carbocycles. The third kappa shape index (κ3) is 3.11. The number of hydrogen-bond donors (Lipinski definition) is 0. The fraction of sp³-hybridized carbons (Fsp3) is 0.143. The first-order valence-electron chi connectivity index (χ1n) is 8.33. The molecule has 0 amide bonds. The van der Waals surface area contributed by atoms with Crippen LogP contribution in [0.1, 0.15) is 21.7 Å². The Bertz CT molecular complexity index is 1210. The molecule has 0 aliphatic carbocycles. The van der Waals surface area contributed by atoms with Gasteiger partial charge >= 0.3 is 11.6 Å². The number of fused-ring (bicyclic) bond motifs is 2. The molecule has 0 bridgehead atoms. The largest absolute Gasteiger partial charge is 0.449 e. The van der Waals surface area contributed by atoms with Crippen LogP contribution in [0.2, 0.25) is 0 Å². The summed E-state index contributed by atoms with van der Waals surface area (Å²) >= 11 is 0. The Labute approximate surface area is 153 Å². The standard InChI is InChI=1S/C21H16O6/c1-12-9-19(22)26-18-10-13(7-8-14(12)18)25-21(23)20-16(11-24-2)15-5-3-4-6-17(15)27-20/h3-10H,11H2,1-2H3. The first-order chi connectivity index (χ1) is 13.1. The Morgan fingerprint density at radius 1 is 1.00 bits per heavy atom. The number of furan rings is 1. The lowest BCUT2D eigenvalue weighted by molar-refractivity contribution is 0.0697. The van der Waals surface area contributed by atoms with E-state index >= 15 is 0 Å². The molecule has 0 fully saturated rings. The first kappa shape index (κ1) is 17.1. The second kappa shape index (κ2) is 6.74. The van der Waals surface area contributed by atoms with Gasteiger partial charge in [-0.15, -0.1) is 0 Å². The number of rotatable bonds is 4. The van der Waals surface area contributed by atoms with Gasteiger partial charge in [-0.05, 0) is 30.7 Å². The molecule has 0 saturated carbocycles. The van der Waals surface area contributed by atoms with Gasteiger partial charge in [-0.3, -0.25) is 0 Å². The van der Waals surface area contributed by atoms with E-state index in [4.69, 9.17) is 18.3 Å². The number of carbonyl (C=O) groups is 1. The van der Waals surface area contributed by atoms with Crippen LogP contribution in [-0.4, -0.2) is 13.1 Å². The normalized spacial score (nSPS) is 11.2. The highest BCUT2D eigenvalue weighted by Crippen LogP contribution is 2.28. The van der Waals surface area contributed by atoms with Gasteiger partial charge in [0.2, 0.25) is 5.76 Å². The zero-order valence-electron chi connectivity index (χ0n) is 14.8. The second-order valence-corrected chi connectivity index (χ2v) is 6.13. The molecular weight excluding hydrogens is 348 g/mol. The maximum atomic E-state index is 12.7. The van der Waals surface area contributed by atoms with Crippen molar-refractivity contribution in [2.24, 2.45) is 0 Å². The summed E-state index contributed by atoms with van der Waals surface area (Å²) in [5.74, 6) is -0.304. The van der Waals surface area contributed by atoms with Gasteiger partial charge in [0, 0.05) is 35.6 Å². The molecule has 0 saturated heterocycles. The molecule has 2 heterocycles. The third-order valence-corrected chi connectivity index (χ3v) is 4.31. The van der Waals surface area contributed by atoms with E-state index in [2.05, 4.69) is 0 Å². The molecule has 4 aromatic rings. The highest BCUT2D eigenvalue weighted by Gasteiger charge is 2.22. The smallest absolute Gasteiger partial charge is 0.380 e. The average Bonchev–Trinajstić information content (AvgIpc) is 3.00. The first-order valence-corrected chi connectivity index (χ1v) is 8.33. The minimum absolute atomic E-state index is 0.0869. The SMILES string of the molecule is COCc1c(C(=O)Oc2ccc3c(C)cc(=O)oc3c2)oc2ccccc12. The number of hydrogen-bond acceptors (Lipinski definition) is 6. The summed E-state index contributed by atoms with van der Waals surface area (Å²) in [5.41, 5.74) is 1.90. The summed E-state index contributed by atoms with van der Waals surface area (Å²) in [6.07, 6.45) is 0. The predicted molar refractivity (Wildman–Crippen MR) is 99.1 cm³/mol. The summed E-state index contributed by atoms with van der Waals surface area (Å²) in [4.78, 5) is 24.3. The van der Waals surface area contributed by atoms with Crippen molar-refractivity contribution >= 4 is 27.9 Å². The van der Waals surface area contributed by atoms with Crippen LogP contribution in [-0.2, 0) is 11.3 Å². The molecule has 2 aromatic heterocycles. The zero-order valence-corrected chi connectivity index (χ0v) is 14.8. The summed E-state index contributed by atoms with van der Waals surface area (Å²) < 4.78 is 21.5. The van der Waals surface area contributed by atoms with Crippen LogP contribution in [0, 0.1) is 6.92 Å². The van der Waals surface area contributed by atoms with E-state index in [9.17, 15) is 9.59 Å². The van der Waals surface area contributed by atoms with Gasteiger partial charge in [0.25, 0.3) is 0 Å². The van der Waals surface area contributed by atoms with Gasteiger partial charge in [0.15, 0.2) is 0 Å². The van der Waals surface area contributed by atoms with Crippen molar-refractivity contribution in [2.45, 2.75) is 13.5 Å². The number of methoxy groups -OCH3 is 1. The minimum atomic E-state index is -0.646. The number of ether oxygens (including phenoxy) is 2. The number of esters is 1. The van der Waals surface area contributed by atoms with Crippen molar-refractivity contribution in [3.63, 3.8) is 0 Å². The molecule has 6 nitrogen and oxygen atoms in total. The van der Waals surface area contributed by atoms with E-state index in [0.717, 1.165) is 16.3 Å². The van der Waals surface area contributed by atoms with Crippen molar-refractivity contribution in [3.05, 3.63) is 75.8 Å². The molecule has 0 unspecified atom stereocenters.